The minimum absolute atomic E-state index is 0. The fraction of sp³-hybridized carbons (Fsp3) is 0.424. The molecular weight excluding hydrogens is 557 g/mol. The highest BCUT2D eigenvalue weighted by Gasteiger charge is 2.20. The van der Waals surface area contributed by atoms with Gasteiger partial charge < -0.3 is 9.47 Å². The van der Waals surface area contributed by atoms with Gasteiger partial charge in [0, 0.05) is 30.0 Å². The molecule has 0 spiro atoms. The van der Waals surface area contributed by atoms with Crippen molar-refractivity contribution in [2.75, 3.05) is 57.4 Å². The first kappa shape index (κ1) is 32.7. The maximum absolute atomic E-state index is 13.8. The number of halogens is 2. The molecule has 0 N–H and O–H groups in total. The van der Waals surface area contributed by atoms with Gasteiger partial charge in [-0.25, -0.2) is 0 Å². The molecule has 41 heavy (non-hydrogen) atoms. The van der Waals surface area contributed by atoms with Gasteiger partial charge in [-0.05, 0) is 113 Å². The summed E-state index contributed by atoms with van der Waals surface area (Å²) in [5, 5.41) is 0. The zero-order valence-corrected chi connectivity index (χ0v) is 25.4. The molecule has 2 aliphatic rings. The maximum Gasteiger partial charge on any atom is 0.262 e. The van der Waals surface area contributed by atoms with Crippen molar-refractivity contribution >= 4 is 42.1 Å². The summed E-state index contributed by atoms with van der Waals surface area (Å²) in [6.45, 7) is 7.90. The number of nitrogens with zero attached hydrogens (tertiary/aromatic N) is 3. The SMILES string of the molecule is Cl.Cl.O=C(c1ccc(OCCN2CCCCC2)cc1)N(c1ccccc1)c1ccc(OCCN2CCCCC2)cc1. The monoisotopic (exact) mass is 599 g/mol. The Balaban J connectivity index is 0.00000231. The van der Waals surface area contributed by atoms with Gasteiger partial charge in [0.25, 0.3) is 5.91 Å². The summed E-state index contributed by atoms with van der Waals surface area (Å²) >= 11 is 0. The van der Waals surface area contributed by atoms with Crippen LogP contribution in [0.1, 0.15) is 48.9 Å². The van der Waals surface area contributed by atoms with Crippen molar-refractivity contribution in [1.29, 1.82) is 0 Å². The van der Waals surface area contributed by atoms with Gasteiger partial charge in [-0.2, -0.15) is 0 Å². The highest BCUT2D eigenvalue weighted by atomic mass is 35.5. The highest BCUT2D eigenvalue weighted by Crippen LogP contribution is 2.29. The van der Waals surface area contributed by atoms with Crippen LogP contribution in [0.25, 0.3) is 0 Å². The quantitative estimate of drug-likeness (QED) is 0.232. The van der Waals surface area contributed by atoms with Gasteiger partial charge in [-0.15, -0.1) is 24.8 Å². The van der Waals surface area contributed by atoms with Crippen LogP contribution in [0.4, 0.5) is 11.4 Å². The van der Waals surface area contributed by atoms with Crippen LogP contribution in [-0.2, 0) is 0 Å². The van der Waals surface area contributed by atoms with E-state index in [0.717, 1.165) is 49.1 Å². The van der Waals surface area contributed by atoms with Gasteiger partial charge in [-0.3, -0.25) is 19.5 Å². The number of hydrogen-bond acceptors (Lipinski definition) is 5. The second-order valence-corrected chi connectivity index (χ2v) is 10.5. The Labute approximate surface area is 257 Å². The van der Waals surface area contributed by atoms with Crippen molar-refractivity contribution in [2.24, 2.45) is 0 Å². The summed E-state index contributed by atoms with van der Waals surface area (Å²) in [6.07, 6.45) is 7.81. The molecule has 2 saturated heterocycles. The summed E-state index contributed by atoms with van der Waals surface area (Å²) in [6, 6.07) is 25.1. The van der Waals surface area contributed by atoms with Crippen LogP contribution >= 0.6 is 24.8 Å². The maximum atomic E-state index is 13.8. The van der Waals surface area contributed by atoms with E-state index in [2.05, 4.69) is 9.80 Å². The molecule has 0 radical (unpaired) electrons. The van der Waals surface area contributed by atoms with Gasteiger partial charge in [0.05, 0.1) is 0 Å². The first-order chi connectivity index (χ1) is 19.3. The molecular formula is C33H43Cl2N3O3. The number of piperidine rings is 2. The normalized spacial score (nSPS) is 15.7. The predicted molar refractivity (Wildman–Crippen MR) is 172 cm³/mol. The van der Waals surface area contributed by atoms with Crippen molar-refractivity contribution in [1.82, 2.24) is 9.80 Å². The number of ether oxygens (including phenoxy) is 2. The average Bonchev–Trinajstić information content (AvgIpc) is 3.00. The van der Waals surface area contributed by atoms with E-state index in [1.807, 2.05) is 78.9 Å². The number of benzene rings is 3. The van der Waals surface area contributed by atoms with Gasteiger partial charge in [0.1, 0.15) is 24.7 Å². The van der Waals surface area contributed by atoms with Crippen molar-refractivity contribution in [3.8, 4) is 11.5 Å². The van der Waals surface area contributed by atoms with Crippen LogP contribution < -0.4 is 14.4 Å². The number of likely N-dealkylation sites (tertiary alicyclic amines) is 2. The van der Waals surface area contributed by atoms with Gasteiger partial charge in [0.15, 0.2) is 0 Å². The summed E-state index contributed by atoms with van der Waals surface area (Å²) < 4.78 is 12.0. The molecule has 0 saturated carbocycles. The summed E-state index contributed by atoms with van der Waals surface area (Å²) in [5.74, 6) is 1.53. The van der Waals surface area contributed by atoms with E-state index in [1.54, 1.807) is 4.90 Å². The minimum atomic E-state index is -0.0835. The number of amides is 1. The average molecular weight is 601 g/mol. The molecule has 6 nitrogen and oxygen atoms in total. The molecule has 1 amide bonds. The lowest BCUT2D eigenvalue weighted by Crippen LogP contribution is -2.33. The van der Waals surface area contributed by atoms with Gasteiger partial charge in [-0.1, -0.05) is 31.0 Å². The van der Waals surface area contributed by atoms with Crippen molar-refractivity contribution in [3.05, 3.63) is 84.4 Å². The molecule has 0 aromatic heterocycles. The standard InChI is InChI=1S/C33H41N3O3.2ClH/c37-33(28-12-16-31(17-13-28)38-26-24-34-20-6-2-7-21-34)36(29-10-4-1-5-11-29)30-14-18-32(19-15-30)39-27-25-35-22-8-3-9-23-35;;/h1,4-5,10-19H,2-3,6-9,20-27H2;2*1H. The summed E-state index contributed by atoms with van der Waals surface area (Å²) in [7, 11) is 0. The molecule has 3 aromatic rings. The van der Waals surface area contributed by atoms with Crippen molar-refractivity contribution < 1.29 is 14.3 Å². The van der Waals surface area contributed by atoms with E-state index in [0.29, 0.717) is 18.8 Å². The Kier molecular flexibility index (Phi) is 13.8. The molecule has 8 heteroatoms. The lowest BCUT2D eigenvalue weighted by Gasteiger charge is -2.26. The lowest BCUT2D eigenvalue weighted by molar-refractivity contribution is 0.0999. The largest absolute Gasteiger partial charge is 0.492 e. The Hall–Kier alpha value is -2.77. The molecule has 222 valence electrons. The van der Waals surface area contributed by atoms with E-state index in [1.165, 1.54) is 51.6 Å². The van der Waals surface area contributed by atoms with E-state index in [-0.39, 0.29) is 30.7 Å². The smallest absolute Gasteiger partial charge is 0.262 e. The molecule has 3 aromatic carbocycles. The van der Waals surface area contributed by atoms with Gasteiger partial charge in [0.2, 0.25) is 0 Å². The molecule has 0 aliphatic carbocycles. The van der Waals surface area contributed by atoms with Crippen LogP contribution in [-0.4, -0.2) is 68.2 Å². The third-order valence-electron chi connectivity index (χ3n) is 7.66. The van der Waals surface area contributed by atoms with Crippen LogP contribution in [0.5, 0.6) is 11.5 Å². The topological polar surface area (TPSA) is 45.3 Å². The van der Waals surface area contributed by atoms with Crippen LogP contribution in [0, 0.1) is 0 Å². The zero-order chi connectivity index (χ0) is 26.7. The van der Waals surface area contributed by atoms with Crippen LogP contribution in [0.2, 0.25) is 0 Å². The van der Waals surface area contributed by atoms with Crippen molar-refractivity contribution in [3.63, 3.8) is 0 Å². The molecule has 5 rings (SSSR count). The second kappa shape index (κ2) is 17.2. The Morgan fingerprint density at radius 1 is 0.585 bits per heavy atom. The Morgan fingerprint density at radius 3 is 1.51 bits per heavy atom. The van der Waals surface area contributed by atoms with E-state index < -0.39 is 0 Å². The lowest BCUT2D eigenvalue weighted by atomic mass is 10.1. The summed E-state index contributed by atoms with van der Waals surface area (Å²) in [5.41, 5.74) is 2.24. The molecule has 2 fully saturated rings. The molecule has 0 unspecified atom stereocenters. The molecule has 0 bridgehead atoms. The molecule has 2 aliphatic heterocycles. The first-order valence-electron chi connectivity index (χ1n) is 14.6. The predicted octanol–water partition coefficient (Wildman–Crippen LogP) is 7.24. The number of rotatable bonds is 11. The molecule has 0 atom stereocenters. The minimum Gasteiger partial charge on any atom is -0.492 e. The van der Waals surface area contributed by atoms with Gasteiger partial charge >= 0.3 is 0 Å². The van der Waals surface area contributed by atoms with Crippen LogP contribution in [0.3, 0.4) is 0 Å². The second-order valence-electron chi connectivity index (χ2n) is 10.5. The third-order valence-corrected chi connectivity index (χ3v) is 7.66. The first-order valence-corrected chi connectivity index (χ1v) is 14.6. The Bertz CT molecular complexity index is 1150. The number of hydrogen-bond donors (Lipinski definition) is 0. The zero-order valence-electron chi connectivity index (χ0n) is 23.8. The van der Waals surface area contributed by atoms with Crippen LogP contribution in [0.15, 0.2) is 78.9 Å². The number of anilines is 2. The fourth-order valence-electron chi connectivity index (χ4n) is 5.43. The number of carbonyl (C=O) groups excluding carboxylic acids is 1. The molecule has 2 heterocycles. The van der Waals surface area contributed by atoms with Crippen molar-refractivity contribution in [2.45, 2.75) is 38.5 Å². The number of carbonyl (C=O) groups is 1. The fourth-order valence-corrected chi connectivity index (χ4v) is 5.43. The highest BCUT2D eigenvalue weighted by molar-refractivity contribution is 6.11. The third kappa shape index (κ3) is 9.64. The number of para-hydroxylation sites is 1. The Morgan fingerprint density at radius 2 is 1.02 bits per heavy atom. The van der Waals surface area contributed by atoms with E-state index in [4.69, 9.17) is 9.47 Å². The van der Waals surface area contributed by atoms with E-state index in [9.17, 15) is 4.79 Å². The van der Waals surface area contributed by atoms with E-state index >= 15 is 0 Å². The summed E-state index contributed by atoms with van der Waals surface area (Å²) in [4.78, 5) is 20.4.